The molecule has 215 valence electrons. The predicted molar refractivity (Wildman–Crippen MR) is 155 cm³/mol. The summed E-state index contributed by atoms with van der Waals surface area (Å²) in [5.74, 6) is 1.66. The molecule has 2 amide bonds. The van der Waals surface area contributed by atoms with Crippen molar-refractivity contribution < 1.29 is 28.6 Å². The quantitative estimate of drug-likeness (QED) is 0.271. The molecule has 2 aliphatic rings. The molecule has 5 rings (SSSR count). The fourth-order valence-electron chi connectivity index (χ4n) is 5.71. The van der Waals surface area contributed by atoms with Gasteiger partial charge >= 0.3 is 6.03 Å². The highest BCUT2D eigenvalue weighted by atomic mass is 19.1. The first-order valence-corrected chi connectivity index (χ1v) is 14.3. The number of nitrogens with one attached hydrogen (secondary N) is 1. The van der Waals surface area contributed by atoms with Gasteiger partial charge in [0.2, 0.25) is 6.29 Å². The molecule has 2 N–H and O–H groups in total. The number of hydrogen-bond donors (Lipinski definition) is 2. The summed E-state index contributed by atoms with van der Waals surface area (Å²) in [6.07, 6.45) is 6.64. The first-order chi connectivity index (χ1) is 19.8. The minimum Gasteiger partial charge on any atom is -0.457 e. The largest absolute Gasteiger partial charge is 0.457 e. The van der Waals surface area contributed by atoms with Gasteiger partial charge < -0.3 is 24.8 Å². The Hall–Kier alpha value is -3.91. The van der Waals surface area contributed by atoms with Gasteiger partial charge in [-0.3, -0.25) is 4.79 Å². The Labute approximate surface area is 240 Å². The number of halogens is 1. The fraction of sp³-hybridized carbons (Fsp3) is 0.394. The number of urea groups is 1. The number of likely N-dealkylation sites (tertiary alicyclic amines) is 1. The molecule has 1 radical (unpaired) electrons. The fourth-order valence-corrected chi connectivity index (χ4v) is 5.71. The zero-order chi connectivity index (χ0) is 29.0. The lowest BCUT2D eigenvalue weighted by molar-refractivity contribution is -0.0619. The van der Waals surface area contributed by atoms with Crippen LogP contribution in [0.2, 0.25) is 0 Å². The molecule has 1 heterocycles. The van der Waals surface area contributed by atoms with Crippen molar-refractivity contribution in [2.45, 2.75) is 63.4 Å². The van der Waals surface area contributed by atoms with Gasteiger partial charge in [-0.25, -0.2) is 9.18 Å². The van der Waals surface area contributed by atoms with Gasteiger partial charge in [-0.15, -0.1) is 0 Å². The van der Waals surface area contributed by atoms with Gasteiger partial charge in [0.1, 0.15) is 28.8 Å². The Morgan fingerprint density at radius 3 is 1.93 bits per heavy atom. The zero-order valence-electron chi connectivity index (χ0n) is 23.5. The van der Waals surface area contributed by atoms with E-state index >= 15 is 0 Å². The van der Waals surface area contributed by atoms with Gasteiger partial charge in [0.25, 0.3) is 0 Å². The van der Waals surface area contributed by atoms with Crippen molar-refractivity contribution in [1.82, 2.24) is 4.90 Å². The van der Waals surface area contributed by atoms with Gasteiger partial charge in [0.15, 0.2) is 0 Å². The van der Waals surface area contributed by atoms with Crippen LogP contribution in [0.15, 0.2) is 66.7 Å². The number of carbonyl (C=O) groups excluding carboxylic acids is 2. The third kappa shape index (κ3) is 6.54. The molecule has 0 aromatic heterocycles. The van der Waals surface area contributed by atoms with E-state index in [1.54, 1.807) is 35.2 Å². The molecule has 8 heteroatoms. The Morgan fingerprint density at radius 1 is 0.902 bits per heavy atom. The van der Waals surface area contributed by atoms with Gasteiger partial charge in [0, 0.05) is 37.0 Å². The molecule has 1 saturated carbocycles. The second kappa shape index (κ2) is 11.9. The lowest BCUT2D eigenvalue weighted by Crippen LogP contribution is -2.51. The zero-order valence-corrected chi connectivity index (χ0v) is 23.5. The number of carbonyl (C=O) groups is 1. The van der Waals surface area contributed by atoms with E-state index in [1.807, 2.05) is 12.1 Å². The van der Waals surface area contributed by atoms with Crippen LogP contribution >= 0.6 is 0 Å². The molecule has 41 heavy (non-hydrogen) atoms. The summed E-state index contributed by atoms with van der Waals surface area (Å²) in [6, 6.07) is 17.8. The van der Waals surface area contributed by atoms with E-state index in [0.717, 1.165) is 31.2 Å². The highest BCUT2D eigenvalue weighted by Gasteiger charge is 2.45. The van der Waals surface area contributed by atoms with Crippen molar-refractivity contribution in [3.8, 4) is 23.0 Å². The standard InChI is InChI=1S/C33H36FN2O5/c1-3-23(4-2)33(39)15-17-36(18-16-33)31(38)35-26-19-29(21-30(20-26)41-28-11-7-25(34)8-12-28)40-27-9-5-24(6-10-27)32(22-37)13-14-32/h5-12,19-21,23,39H,3-4,13-18H2,1-2H3,(H,35,38). The molecule has 1 saturated heterocycles. The average molecular weight is 560 g/mol. The maximum atomic E-state index is 13.4. The van der Waals surface area contributed by atoms with Crippen LogP contribution in [0.25, 0.3) is 0 Å². The molecule has 0 atom stereocenters. The van der Waals surface area contributed by atoms with Crippen LogP contribution < -0.4 is 14.8 Å². The summed E-state index contributed by atoms with van der Waals surface area (Å²) >= 11 is 0. The van der Waals surface area contributed by atoms with E-state index in [2.05, 4.69) is 25.5 Å². The maximum Gasteiger partial charge on any atom is 0.321 e. The minimum atomic E-state index is -0.747. The SMILES string of the molecule is CCC(CC)C1(O)CCN(C(=O)Nc2cc(Oc3ccc(F)cc3)cc(Oc3ccc(C4([C]=O)CC4)cc3)c2)CC1. The van der Waals surface area contributed by atoms with E-state index in [9.17, 15) is 19.1 Å². The lowest BCUT2D eigenvalue weighted by atomic mass is 9.77. The van der Waals surface area contributed by atoms with Crippen LogP contribution in [-0.2, 0) is 10.2 Å². The Bertz CT molecular complexity index is 1360. The van der Waals surface area contributed by atoms with Crippen LogP contribution in [0.3, 0.4) is 0 Å². The normalized spacial score (nSPS) is 17.1. The number of amides is 2. The summed E-state index contributed by atoms with van der Waals surface area (Å²) in [7, 11) is 0. The topological polar surface area (TPSA) is 88.1 Å². The summed E-state index contributed by atoms with van der Waals surface area (Å²) in [6.45, 7) is 5.10. The number of benzene rings is 3. The monoisotopic (exact) mass is 559 g/mol. The van der Waals surface area contributed by atoms with E-state index in [-0.39, 0.29) is 17.8 Å². The van der Waals surface area contributed by atoms with Crippen LogP contribution in [-0.4, -0.2) is 41.0 Å². The first kappa shape index (κ1) is 28.6. The van der Waals surface area contributed by atoms with Crippen molar-refractivity contribution in [2.24, 2.45) is 5.92 Å². The van der Waals surface area contributed by atoms with E-state index in [1.165, 1.54) is 24.3 Å². The number of piperidine rings is 1. The number of ether oxygens (including phenoxy) is 2. The molecule has 7 nitrogen and oxygen atoms in total. The van der Waals surface area contributed by atoms with Gasteiger partial charge in [-0.2, -0.15) is 0 Å². The summed E-state index contributed by atoms with van der Waals surface area (Å²) in [5.41, 5.74) is 0.146. The van der Waals surface area contributed by atoms with Crippen molar-refractivity contribution in [1.29, 1.82) is 0 Å². The molecule has 1 aliphatic heterocycles. The molecular weight excluding hydrogens is 523 g/mol. The lowest BCUT2D eigenvalue weighted by Gasteiger charge is -2.42. The smallest absolute Gasteiger partial charge is 0.321 e. The number of anilines is 1. The average Bonchev–Trinajstić information content (AvgIpc) is 3.77. The summed E-state index contributed by atoms with van der Waals surface area (Å²) in [4.78, 5) is 26.3. The van der Waals surface area contributed by atoms with Crippen LogP contribution in [0.1, 0.15) is 57.9 Å². The summed E-state index contributed by atoms with van der Waals surface area (Å²) in [5, 5.41) is 14.1. The van der Waals surface area contributed by atoms with Crippen molar-refractivity contribution in [3.63, 3.8) is 0 Å². The van der Waals surface area contributed by atoms with Gasteiger partial charge in [-0.1, -0.05) is 38.8 Å². The van der Waals surface area contributed by atoms with Crippen molar-refractivity contribution >= 4 is 18.0 Å². The van der Waals surface area contributed by atoms with Crippen molar-refractivity contribution in [2.75, 3.05) is 18.4 Å². The van der Waals surface area contributed by atoms with Crippen molar-refractivity contribution in [3.05, 3.63) is 78.1 Å². The third-order valence-electron chi connectivity index (χ3n) is 8.43. The second-order valence-electron chi connectivity index (χ2n) is 11.1. The minimum absolute atomic E-state index is 0.216. The van der Waals surface area contributed by atoms with Gasteiger partial charge in [0.05, 0.1) is 11.0 Å². The highest BCUT2D eigenvalue weighted by molar-refractivity contribution is 5.90. The van der Waals surface area contributed by atoms with Crippen LogP contribution in [0.5, 0.6) is 23.0 Å². The Kier molecular flexibility index (Phi) is 8.31. The van der Waals surface area contributed by atoms with E-state index in [4.69, 9.17) is 9.47 Å². The molecule has 0 bridgehead atoms. The molecule has 1 aliphatic carbocycles. The molecule has 0 unspecified atom stereocenters. The Balaban J connectivity index is 1.32. The van der Waals surface area contributed by atoms with Crippen LogP contribution in [0.4, 0.5) is 14.9 Å². The predicted octanol–water partition coefficient (Wildman–Crippen LogP) is 7.35. The van der Waals surface area contributed by atoms with Crippen LogP contribution in [0, 0.1) is 11.7 Å². The Morgan fingerprint density at radius 2 is 1.44 bits per heavy atom. The van der Waals surface area contributed by atoms with Gasteiger partial charge in [-0.05, 0) is 73.6 Å². The number of hydrogen-bond acceptors (Lipinski definition) is 5. The highest BCUT2D eigenvalue weighted by Crippen LogP contribution is 2.46. The number of aliphatic hydroxyl groups is 1. The molecule has 3 aromatic rings. The number of rotatable bonds is 10. The first-order valence-electron chi connectivity index (χ1n) is 14.3. The molecular formula is C33H36FN2O5. The maximum absolute atomic E-state index is 13.4. The molecule has 3 aromatic carbocycles. The summed E-state index contributed by atoms with van der Waals surface area (Å²) < 4.78 is 25.5. The van der Waals surface area contributed by atoms with E-state index in [0.29, 0.717) is 54.6 Å². The number of nitrogens with zero attached hydrogens (tertiary/aromatic N) is 1. The second-order valence-corrected chi connectivity index (χ2v) is 11.1. The third-order valence-corrected chi connectivity index (χ3v) is 8.43. The molecule has 2 fully saturated rings. The molecule has 0 spiro atoms. The van der Waals surface area contributed by atoms with E-state index < -0.39 is 11.0 Å².